The summed E-state index contributed by atoms with van der Waals surface area (Å²) in [5.74, 6) is 0. The fourth-order valence-electron chi connectivity index (χ4n) is 0.671. The first-order valence-corrected chi connectivity index (χ1v) is 3.48. The molecule has 0 aromatic carbocycles. The molecule has 0 unspecified atom stereocenters. The predicted octanol–water partition coefficient (Wildman–Crippen LogP) is -3.59. The van der Waals surface area contributed by atoms with Gasteiger partial charge in [-0.2, -0.15) is 0 Å². The fraction of sp³-hybridized carbons (Fsp3) is 1.00. The van der Waals surface area contributed by atoms with E-state index in [1.807, 2.05) is 0 Å². The largest absolute Gasteiger partial charge is 3.00 e. The molecule has 0 amide bonds. The van der Waals surface area contributed by atoms with Gasteiger partial charge in [-0.05, 0) is 0 Å². The Morgan fingerprint density at radius 3 is 1.08 bits per heavy atom. The molecule has 6 N–H and O–H groups in total. The van der Waals surface area contributed by atoms with Crippen molar-refractivity contribution in [1.29, 1.82) is 0 Å². The van der Waals surface area contributed by atoms with Crippen LogP contribution in [0.15, 0.2) is 0 Å². The van der Waals surface area contributed by atoms with Gasteiger partial charge < -0.3 is 30.6 Å². The van der Waals surface area contributed by atoms with E-state index in [4.69, 9.17) is 30.6 Å². The third-order valence-corrected chi connectivity index (χ3v) is 1.51. The van der Waals surface area contributed by atoms with E-state index >= 15 is 0 Å². The average molecular weight is 238 g/mol. The summed E-state index contributed by atoms with van der Waals surface area (Å²) in [6.07, 6.45) is -6.39. The monoisotopic (exact) mass is 238 g/mol. The molecule has 0 bridgehead atoms. The quantitative estimate of drug-likeness (QED) is 0.275. The second-order valence-corrected chi connectivity index (χ2v) is 2.48. The Kier molecular flexibility index (Phi) is 9.28. The van der Waals surface area contributed by atoms with E-state index in [2.05, 4.69) is 0 Å². The summed E-state index contributed by atoms with van der Waals surface area (Å²) < 4.78 is 0. The molecule has 0 aromatic heterocycles. The van der Waals surface area contributed by atoms with E-state index in [9.17, 15) is 0 Å². The van der Waals surface area contributed by atoms with Crippen molar-refractivity contribution in [3.05, 3.63) is 0 Å². The van der Waals surface area contributed by atoms with Gasteiger partial charge in [0.2, 0.25) is 0 Å². The summed E-state index contributed by atoms with van der Waals surface area (Å²) in [5, 5.41) is 52.2. The van der Waals surface area contributed by atoms with Crippen LogP contribution in [0.4, 0.5) is 0 Å². The van der Waals surface area contributed by atoms with Crippen LogP contribution in [0.1, 0.15) is 0 Å². The molecule has 0 saturated heterocycles. The second-order valence-electron chi connectivity index (χ2n) is 2.48. The van der Waals surface area contributed by atoms with Crippen molar-refractivity contribution in [2.75, 3.05) is 13.2 Å². The maximum atomic E-state index is 8.96. The summed E-state index contributed by atoms with van der Waals surface area (Å²) in [6.45, 7) is -1.45. The van der Waals surface area contributed by atoms with E-state index in [1.165, 1.54) is 0 Å². The van der Waals surface area contributed by atoms with Crippen LogP contribution in [0.3, 0.4) is 0 Å². The molecule has 0 heterocycles. The van der Waals surface area contributed by atoms with Crippen LogP contribution in [0.2, 0.25) is 0 Å². The molecule has 0 saturated carbocycles. The minimum absolute atomic E-state index is 0. The van der Waals surface area contributed by atoms with Crippen LogP contribution < -0.4 is 0 Å². The van der Waals surface area contributed by atoms with E-state index in [-0.39, 0.29) is 17.1 Å². The van der Waals surface area contributed by atoms with Gasteiger partial charge in [0.15, 0.2) is 0 Å². The Hall–Kier alpha value is 0.279. The third-order valence-electron chi connectivity index (χ3n) is 1.51. The molecule has 0 aliphatic heterocycles. The van der Waals surface area contributed by atoms with Crippen molar-refractivity contribution < 1.29 is 47.7 Å². The van der Waals surface area contributed by atoms with Crippen LogP contribution in [-0.4, -0.2) is 68.3 Å². The molecule has 0 rings (SSSR count). The first-order valence-electron chi connectivity index (χ1n) is 3.48. The summed E-state index contributed by atoms with van der Waals surface area (Å²) in [7, 11) is 0. The second kappa shape index (κ2) is 7.66. The maximum Gasteiger partial charge on any atom is 3.00 e. The number of aliphatic hydroxyl groups is 6. The van der Waals surface area contributed by atoms with E-state index < -0.39 is 37.6 Å². The Balaban J connectivity index is 0. The molecule has 7 heteroatoms. The molecule has 1 radical (unpaired) electrons. The standard InChI is InChI=1S/C6H14O6.Fe/c7-1-3(9)5(11)6(12)4(10)2-8;/h3-12H,1-2H2;/q;+3/t3-,4+,5-,6-;/m1./s1. The molecule has 4 atom stereocenters. The third kappa shape index (κ3) is 4.90. The van der Waals surface area contributed by atoms with Gasteiger partial charge in [-0.15, -0.1) is 0 Å². The normalized spacial score (nSPS) is 19.8. The zero-order valence-electron chi connectivity index (χ0n) is 6.76. The first kappa shape index (κ1) is 15.7. The van der Waals surface area contributed by atoms with Gasteiger partial charge in [0.1, 0.15) is 24.4 Å². The van der Waals surface area contributed by atoms with Crippen LogP contribution in [0, 0.1) is 0 Å². The first-order chi connectivity index (χ1) is 5.54. The van der Waals surface area contributed by atoms with Gasteiger partial charge in [-0.25, -0.2) is 0 Å². The summed E-state index contributed by atoms with van der Waals surface area (Å²) >= 11 is 0. The number of hydrogen-bond acceptors (Lipinski definition) is 6. The van der Waals surface area contributed by atoms with Gasteiger partial charge >= 0.3 is 17.1 Å². The van der Waals surface area contributed by atoms with Gasteiger partial charge in [0.05, 0.1) is 13.2 Å². The summed E-state index contributed by atoms with van der Waals surface area (Å²) in [5.41, 5.74) is 0. The molecule has 6 nitrogen and oxygen atoms in total. The zero-order chi connectivity index (χ0) is 9.72. The van der Waals surface area contributed by atoms with Gasteiger partial charge in [-0.1, -0.05) is 0 Å². The van der Waals surface area contributed by atoms with Crippen molar-refractivity contribution in [3.63, 3.8) is 0 Å². The molecule has 0 fully saturated rings. The summed E-state index contributed by atoms with van der Waals surface area (Å²) in [6, 6.07) is 0. The van der Waals surface area contributed by atoms with Crippen LogP contribution in [-0.2, 0) is 17.1 Å². The topological polar surface area (TPSA) is 121 Å². The number of hydrogen-bond donors (Lipinski definition) is 6. The molecule has 0 aliphatic carbocycles. The predicted molar refractivity (Wildman–Crippen MR) is 38.2 cm³/mol. The molecule has 79 valence electrons. The zero-order valence-corrected chi connectivity index (χ0v) is 7.86. The smallest absolute Gasteiger partial charge is 0.394 e. The van der Waals surface area contributed by atoms with Gasteiger partial charge in [0, 0.05) is 0 Å². The molecule has 13 heavy (non-hydrogen) atoms. The Morgan fingerprint density at radius 1 is 0.692 bits per heavy atom. The summed E-state index contributed by atoms with van der Waals surface area (Å²) in [4.78, 5) is 0. The van der Waals surface area contributed by atoms with Crippen LogP contribution >= 0.6 is 0 Å². The van der Waals surface area contributed by atoms with Crippen molar-refractivity contribution in [2.45, 2.75) is 24.4 Å². The average Bonchev–Trinajstić information content (AvgIpc) is 2.12. The van der Waals surface area contributed by atoms with Crippen LogP contribution in [0.5, 0.6) is 0 Å². The van der Waals surface area contributed by atoms with Crippen LogP contribution in [0.25, 0.3) is 0 Å². The Bertz CT molecular complexity index is 110. The Labute approximate surface area is 85.9 Å². The fourth-order valence-corrected chi connectivity index (χ4v) is 0.671. The van der Waals surface area contributed by atoms with Crippen molar-refractivity contribution in [2.24, 2.45) is 0 Å². The van der Waals surface area contributed by atoms with Gasteiger partial charge in [-0.3, -0.25) is 0 Å². The van der Waals surface area contributed by atoms with E-state index in [0.717, 1.165) is 0 Å². The van der Waals surface area contributed by atoms with Gasteiger partial charge in [0.25, 0.3) is 0 Å². The minimum atomic E-state index is -1.67. The Morgan fingerprint density at radius 2 is 0.923 bits per heavy atom. The van der Waals surface area contributed by atoms with Crippen molar-refractivity contribution >= 4 is 0 Å². The molecule has 0 aliphatic rings. The maximum absolute atomic E-state index is 8.96. The van der Waals surface area contributed by atoms with Crippen molar-refractivity contribution in [3.8, 4) is 0 Å². The number of rotatable bonds is 5. The number of aliphatic hydroxyl groups excluding tert-OH is 6. The SMILES string of the molecule is OC[C@@H](O)[C@@H](O)[C@H](O)[C@@H](O)CO.[Fe+3]. The molecular weight excluding hydrogens is 224 g/mol. The molecule has 0 aromatic rings. The van der Waals surface area contributed by atoms with E-state index in [0.29, 0.717) is 0 Å². The van der Waals surface area contributed by atoms with Crippen molar-refractivity contribution in [1.82, 2.24) is 0 Å². The molecule has 0 spiro atoms. The molecular formula is C6H14FeO6+3. The minimum Gasteiger partial charge on any atom is -0.394 e. The van der Waals surface area contributed by atoms with E-state index in [1.54, 1.807) is 0 Å².